The number of pyridine rings is 1. The van der Waals surface area contributed by atoms with Crippen molar-refractivity contribution in [1.82, 2.24) is 14.8 Å². The molecule has 0 saturated carbocycles. The smallest absolute Gasteiger partial charge is 0.148 e. The maximum atomic E-state index is 12.2. The summed E-state index contributed by atoms with van der Waals surface area (Å²) in [5, 5.41) is 0.740. The Labute approximate surface area is 187 Å². The van der Waals surface area contributed by atoms with Gasteiger partial charge in [0, 0.05) is 39.8 Å². The van der Waals surface area contributed by atoms with Gasteiger partial charge in [0.15, 0.2) is 0 Å². The molecule has 0 N–H and O–H groups in total. The number of nitrogens with zero attached hydrogens (tertiary/aromatic N) is 3. The number of likely N-dealkylation sites (N-methyl/N-ethyl adjacent to an activating group) is 1. The van der Waals surface area contributed by atoms with E-state index in [1.54, 1.807) is 6.92 Å². The number of halogens is 3. The average Bonchev–Trinajstić information content (AvgIpc) is 2.79. The molecule has 1 aliphatic heterocycles. The second-order valence-corrected chi connectivity index (χ2v) is 9.87. The molecule has 1 saturated heterocycles. The molecule has 1 aliphatic carbocycles. The quantitative estimate of drug-likeness (QED) is 0.570. The van der Waals surface area contributed by atoms with Gasteiger partial charge in [-0.05, 0) is 77.6 Å². The fourth-order valence-electron chi connectivity index (χ4n) is 4.42. The SMILES string of the molecule is CC(=O)[C@H]1CN([C@@H]2c3ncc(Br)cc3CCc3cc(Cl)cc(Br)c32)CCN1C. The van der Waals surface area contributed by atoms with Gasteiger partial charge in [-0.1, -0.05) is 27.5 Å². The van der Waals surface area contributed by atoms with Crippen molar-refractivity contribution in [2.45, 2.75) is 31.8 Å². The maximum Gasteiger partial charge on any atom is 0.148 e. The van der Waals surface area contributed by atoms with Crippen molar-refractivity contribution >= 4 is 49.2 Å². The topological polar surface area (TPSA) is 36.4 Å². The monoisotopic (exact) mass is 525 g/mol. The number of carbonyl (C=O) groups is 1. The van der Waals surface area contributed by atoms with Crippen molar-refractivity contribution in [2.75, 3.05) is 26.7 Å². The molecule has 148 valence electrons. The van der Waals surface area contributed by atoms with Crippen molar-refractivity contribution in [3.63, 3.8) is 0 Å². The molecule has 1 aromatic carbocycles. The summed E-state index contributed by atoms with van der Waals surface area (Å²) in [6.45, 7) is 4.12. The Kier molecular flexibility index (Phi) is 5.96. The Bertz CT molecular complexity index is 936. The molecule has 4 rings (SSSR count). The van der Waals surface area contributed by atoms with Crippen LogP contribution < -0.4 is 0 Å². The zero-order valence-electron chi connectivity index (χ0n) is 15.9. The summed E-state index contributed by atoms with van der Waals surface area (Å²) in [5.41, 5.74) is 4.80. The zero-order chi connectivity index (χ0) is 20.0. The number of piperazine rings is 1. The summed E-state index contributed by atoms with van der Waals surface area (Å²) >= 11 is 13.7. The molecule has 0 bridgehead atoms. The number of aromatic nitrogens is 1. The average molecular weight is 528 g/mol. The summed E-state index contributed by atoms with van der Waals surface area (Å²) in [5.74, 6) is 0.209. The zero-order valence-corrected chi connectivity index (χ0v) is 19.8. The third-order valence-corrected chi connectivity index (χ3v) is 7.17. The highest BCUT2D eigenvalue weighted by Crippen LogP contribution is 2.42. The van der Waals surface area contributed by atoms with E-state index >= 15 is 0 Å². The Balaban J connectivity index is 1.86. The number of rotatable bonds is 2. The van der Waals surface area contributed by atoms with Gasteiger partial charge in [0.25, 0.3) is 0 Å². The number of benzene rings is 1. The molecule has 1 fully saturated rings. The van der Waals surface area contributed by atoms with Gasteiger partial charge in [0.1, 0.15) is 5.78 Å². The van der Waals surface area contributed by atoms with E-state index in [1.165, 1.54) is 16.7 Å². The van der Waals surface area contributed by atoms with Crippen LogP contribution in [0.3, 0.4) is 0 Å². The third kappa shape index (κ3) is 3.82. The molecule has 2 aliphatic rings. The molecule has 4 nitrogen and oxygen atoms in total. The third-order valence-electron chi connectivity index (χ3n) is 5.86. The van der Waals surface area contributed by atoms with Crippen LogP contribution in [0.15, 0.2) is 33.3 Å². The van der Waals surface area contributed by atoms with Crippen LogP contribution in [-0.2, 0) is 17.6 Å². The van der Waals surface area contributed by atoms with E-state index < -0.39 is 0 Å². The molecule has 1 aromatic heterocycles. The van der Waals surface area contributed by atoms with Gasteiger partial charge in [-0.25, -0.2) is 0 Å². The minimum absolute atomic E-state index is 0.00258. The number of aryl methyl sites for hydroxylation is 2. The predicted octanol–water partition coefficient (Wildman–Crippen LogP) is 4.65. The van der Waals surface area contributed by atoms with E-state index in [9.17, 15) is 4.79 Å². The molecule has 28 heavy (non-hydrogen) atoms. The highest BCUT2D eigenvalue weighted by atomic mass is 79.9. The van der Waals surface area contributed by atoms with E-state index in [0.29, 0.717) is 6.54 Å². The predicted molar refractivity (Wildman–Crippen MR) is 119 cm³/mol. The standard InChI is InChI=1S/C21H22Br2ClN3O/c1-12(28)18-11-27(6-5-26(18)2)21-19-13(8-16(24)9-17(19)23)3-4-14-7-15(22)10-25-20(14)21/h7-10,18,21H,3-6,11H2,1-2H3/t18-,21+/m1/s1. The lowest BCUT2D eigenvalue weighted by Crippen LogP contribution is -2.55. The number of carbonyl (C=O) groups excluding carboxylic acids is 1. The summed E-state index contributed by atoms with van der Waals surface area (Å²) in [4.78, 5) is 21.6. The van der Waals surface area contributed by atoms with Gasteiger partial charge in [-0.3, -0.25) is 19.6 Å². The Morgan fingerprint density at radius 3 is 2.68 bits per heavy atom. The fraction of sp³-hybridized carbons (Fsp3) is 0.429. The van der Waals surface area contributed by atoms with Crippen molar-refractivity contribution in [1.29, 1.82) is 0 Å². The molecular formula is C21H22Br2ClN3O. The minimum Gasteiger partial charge on any atom is -0.298 e. The summed E-state index contributed by atoms with van der Waals surface area (Å²) in [6.07, 6.45) is 3.71. The van der Waals surface area contributed by atoms with Crippen molar-refractivity contribution in [2.24, 2.45) is 0 Å². The van der Waals surface area contributed by atoms with Crippen LogP contribution in [0.1, 0.15) is 35.3 Å². The van der Waals surface area contributed by atoms with Gasteiger partial charge in [-0.2, -0.15) is 0 Å². The molecule has 0 radical (unpaired) electrons. The van der Waals surface area contributed by atoms with Crippen molar-refractivity contribution in [3.8, 4) is 0 Å². The van der Waals surface area contributed by atoms with Crippen LogP contribution in [0.2, 0.25) is 5.02 Å². The Hall–Kier alpha value is -0.790. The van der Waals surface area contributed by atoms with Crippen LogP contribution in [0, 0.1) is 0 Å². The molecular weight excluding hydrogens is 506 g/mol. The number of hydrogen-bond acceptors (Lipinski definition) is 4. The summed E-state index contributed by atoms with van der Waals surface area (Å²) < 4.78 is 2.00. The lowest BCUT2D eigenvalue weighted by atomic mass is 9.95. The molecule has 2 aromatic rings. The molecule has 7 heteroatoms. The molecule has 2 atom stereocenters. The van der Waals surface area contributed by atoms with E-state index in [-0.39, 0.29) is 17.9 Å². The highest BCUT2D eigenvalue weighted by molar-refractivity contribution is 9.10. The lowest BCUT2D eigenvalue weighted by Gasteiger charge is -2.42. The van der Waals surface area contributed by atoms with E-state index in [0.717, 1.165) is 45.6 Å². The van der Waals surface area contributed by atoms with Crippen molar-refractivity contribution < 1.29 is 4.79 Å². The molecule has 0 amide bonds. The van der Waals surface area contributed by atoms with Crippen LogP contribution in [-0.4, -0.2) is 53.3 Å². The van der Waals surface area contributed by atoms with Gasteiger partial charge >= 0.3 is 0 Å². The molecule has 0 unspecified atom stereocenters. The first-order valence-electron chi connectivity index (χ1n) is 9.42. The van der Waals surface area contributed by atoms with Gasteiger partial charge in [-0.15, -0.1) is 0 Å². The summed E-state index contributed by atoms with van der Waals surface area (Å²) in [6, 6.07) is 6.13. The fourth-order valence-corrected chi connectivity index (χ4v) is 5.89. The second kappa shape index (κ2) is 8.15. The highest BCUT2D eigenvalue weighted by Gasteiger charge is 2.37. The lowest BCUT2D eigenvalue weighted by molar-refractivity contribution is -0.124. The first-order valence-corrected chi connectivity index (χ1v) is 11.4. The van der Waals surface area contributed by atoms with Crippen molar-refractivity contribution in [3.05, 3.63) is 60.7 Å². The second-order valence-electron chi connectivity index (χ2n) is 7.66. The summed E-state index contributed by atoms with van der Waals surface area (Å²) in [7, 11) is 2.03. The van der Waals surface area contributed by atoms with E-state index in [1.807, 2.05) is 19.3 Å². The number of fused-ring (bicyclic) bond motifs is 2. The van der Waals surface area contributed by atoms with Crippen LogP contribution in [0.5, 0.6) is 0 Å². The molecule has 2 heterocycles. The number of Topliss-reactive ketones (excluding diaryl/α,β-unsaturated/α-hetero) is 1. The number of ketones is 1. The normalized spacial score (nSPS) is 23.0. The largest absolute Gasteiger partial charge is 0.298 e. The van der Waals surface area contributed by atoms with E-state index in [4.69, 9.17) is 16.6 Å². The van der Waals surface area contributed by atoms with Gasteiger partial charge < -0.3 is 0 Å². The first-order chi connectivity index (χ1) is 13.3. The number of hydrogen-bond donors (Lipinski definition) is 0. The van der Waals surface area contributed by atoms with Gasteiger partial charge in [0.05, 0.1) is 17.8 Å². The van der Waals surface area contributed by atoms with Crippen LogP contribution in [0.25, 0.3) is 0 Å². The maximum absolute atomic E-state index is 12.2. The van der Waals surface area contributed by atoms with E-state index in [2.05, 4.69) is 53.8 Å². The Morgan fingerprint density at radius 2 is 1.93 bits per heavy atom. The molecule has 0 spiro atoms. The Morgan fingerprint density at radius 1 is 1.18 bits per heavy atom. The van der Waals surface area contributed by atoms with Crippen LogP contribution in [0.4, 0.5) is 0 Å². The van der Waals surface area contributed by atoms with Crippen LogP contribution >= 0.6 is 43.5 Å². The van der Waals surface area contributed by atoms with Gasteiger partial charge in [0.2, 0.25) is 0 Å². The minimum atomic E-state index is -0.0922. The first kappa shape index (κ1) is 20.5.